The third-order valence-corrected chi connectivity index (χ3v) is 17.0. The van der Waals surface area contributed by atoms with E-state index in [0.717, 1.165) is 0 Å². The monoisotopic (exact) mass is 941 g/mol. The van der Waals surface area contributed by atoms with E-state index in [4.69, 9.17) is 14.2 Å². The van der Waals surface area contributed by atoms with Crippen LogP contribution in [0.4, 0.5) is 8.78 Å². The third kappa shape index (κ3) is 9.17. The summed E-state index contributed by atoms with van der Waals surface area (Å²) >= 11 is 0. The van der Waals surface area contributed by atoms with Gasteiger partial charge in [-0.2, -0.15) is 0 Å². The van der Waals surface area contributed by atoms with E-state index in [1.807, 2.05) is 11.8 Å². The lowest BCUT2D eigenvalue weighted by Gasteiger charge is -2.62. The summed E-state index contributed by atoms with van der Waals surface area (Å²) in [5, 5.41) is 72.2. The van der Waals surface area contributed by atoms with Crippen LogP contribution >= 0.6 is 0 Å². The Morgan fingerprint density at radius 1 is 0.970 bits per heavy atom. The van der Waals surface area contributed by atoms with Crippen molar-refractivity contribution >= 4 is 23.7 Å². The first-order valence-electron chi connectivity index (χ1n) is 23.9. The third-order valence-electron chi connectivity index (χ3n) is 17.0. The van der Waals surface area contributed by atoms with Gasteiger partial charge in [-0.3, -0.25) is 19.3 Å². The molecule has 0 bridgehead atoms. The number of hydrogen-bond donors (Lipinski definition) is 7. The zero-order valence-electron chi connectivity index (χ0n) is 40.8. The molecule has 17 heteroatoms. The Morgan fingerprint density at radius 3 is 2.24 bits per heavy atom. The Labute approximate surface area is 388 Å². The number of methoxy groups -OCH3 is 1. The van der Waals surface area contributed by atoms with Gasteiger partial charge in [-0.15, -0.1) is 0 Å². The lowest BCUT2D eigenvalue weighted by molar-refractivity contribution is -0.234. The van der Waals surface area contributed by atoms with Gasteiger partial charge in [-0.25, -0.2) is 13.6 Å². The highest BCUT2D eigenvalue weighted by atomic mass is 19.1. The minimum Gasteiger partial charge on any atom is -0.466 e. The second kappa shape index (κ2) is 19.8. The van der Waals surface area contributed by atoms with Crippen LogP contribution in [0.25, 0.3) is 0 Å². The number of halogens is 2. The average molecular weight is 941 g/mol. The number of rotatable bonds is 10. The molecule has 5 aliphatic rings. The van der Waals surface area contributed by atoms with Crippen molar-refractivity contribution in [1.82, 2.24) is 10.2 Å². The van der Waals surface area contributed by atoms with Crippen LogP contribution in [0.5, 0.6) is 0 Å². The second-order valence-corrected chi connectivity index (χ2v) is 21.6. The van der Waals surface area contributed by atoms with Crippen LogP contribution in [0.3, 0.4) is 0 Å². The van der Waals surface area contributed by atoms with Crippen molar-refractivity contribution in [1.29, 1.82) is 0 Å². The lowest BCUT2D eigenvalue weighted by atomic mass is 9.45. The zero-order valence-corrected chi connectivity index (χ0v) is 40.8. The normalized spacial score (nSPS) is 46.0. The predicted molar refractivity (Wildman–Crippen MR) is 238 cm³/mol. The van der Waals surface area contributed by atoms with Crippen molar-refractivity contribution in [3.63, 3.8) is 0 Å². The molecular weight excluding hydrogens is 863 g/mol. The number of alkyl halides is 1. The van der Waals surface area contributed by atoms with Gasteiger partial charge in [0.05, 0.1) is 43.4 Å². The van der Waals surface area contributed by atoms with E-state index in [2.05, 4.69) is 5.32 Å². The second-order valence-electron chi connectivity index (χ2n) is 21.6. The summed E-state index contributed by atoms with van der Waals surface area (Å²) in [7, 11) is 1.17. The largest absolute Gasteiger partial charge is 0.466 e. The first-order valence-corrected chi connectivity index (χ1v) is 23.9. The van der Waals surface area contributed by atoms with E-state index in [9.17, 15) is 49.8 Å². The summed E-state index contributed by atoms with van der Waals surface area (Å²) in [6.07, 6.45) is -4.66. The SMILES string of the molecule is CC[C@H]1OC(=O)[C@H](C)[C@@H](O)[C@H](C)[C@@H](O)[C@](C)(O)C[C@@H](C)CN(CCCNCCC(=O)O[C@]2(C(=O)OC)[C@H](C)CC3C4CC(F)=C5CC(=O)C=C[C@]5(C)[C@@]4(F)[C@@H](O)C[C@@]32C)[C@H](C)[C@@H](O)[C@]1(C)O. The van der Waals surface area contributed by atoms with E-state index >= 15 is 8.78 Å². The minimum absolute atomic E-state index is 0.0237. The van der Waals surface area contributed by atoms with Gasteiger partial charge in [-0.1, -0.05) is 40.7 Å². The molecule has 0 amide bonds. The van der Waals surface area contributed by atoms with Crippen molar-refractivity contribution in [3.8, 4) is 0 Å². The highest BCUT2D eigenvalue weighted by Gasteiger charge is 2.78. The molecule has 18 atom stereocenters. The highest BCUT2D eigenvalue weighted by Crippen LogP contribution is 2.71. The summed E-state index contributed by atoms with van der Waals surface area (Å²) in [5.74, 6) is -8.17. The van der Waals surface area contributed by atoms with Crippen LogP contribution < -0.4 is 5.32 Å². The molecule has 0 aromatic carbocycles. The van der Waals surface area contributed by atoms with Gasteiger partial charge in [0.25, 0.3) is 0 Å². The highest BCUT2D eigenvalue weighted by molar-refractivity contribution is 5.93. The maximum Gasteiger partial charge on any atom is 0.351 e. The first kappa shape index (κ1) is 54.0. The van der Waals surface area contributed by atoms with Crippen LogP contribution in [0.15, 0.2) is 23.6 Å². The van der Waals surface area contributed by atoms with Crippen molar-refractivity contribution in [3.05, 3.63) is 23.6 Å². The number of fused-ring (bicyclic) bond motifs is 5. The summed E-state index contributed by atoms with van der Waals surface area (Å²) in [6.45, 7) is 17.3. The van der Waals surface area contributed by atoms with E-state index in [1.165, 1.54) is 47.0 Å². The maximum absolute atomic E-state index is 17.8. The molecule has 376 valence electrons. The molecule has 4 aliphatic carbocycles. The Hall–Kier alpha value is -2.90. The molecule has 3 fully saturated rings. The van der Waals surface area contributed by atoms with Crippen molar-refractivity contribution in [2.45, 2.75) is 180 Å². The van der Waals surface area contributed by atoms with Crippen molar-refractivity contribution in [2.24, 2.45) is 46.3 Å². The molecule has 66 heavy (non-hydrogen) atoms. The Balaban J connectivity index is 1.28. The average Bonchev–Trinajstić information content (AvgIpc) is 3.47. The summed E-state index contributed by atoms with van der Waals surface area (Å²) in [4.78, 5) is 55.2. The molecule has 2 saturated carbocycles. The van der Waals surface area contributed by atoms with Gasteiger partial charge in [0.2, 0.25) is 5.60 Å². The van der Waals surface area contributed by atoms with Crippen LogP contribution in [-0.2, 0) is 33.4 Å². The maximum atomic E-state index is 17.8. The number of carbonyl (C=O) groups is 4. The summed E-state index contributed by atoms with van der Waals surface area (Å²) in [5.41, 5.74) is -10.8. The molecule has 0 spiro atoms. The zero-order chi connectivity index (χ0) is 49.7. The topological polar surface area (TPSA) is 233 Å². The molecule has 0 aromatic heterocycles. The molecule has 0 radical (unpaired) electrons. The molecule has 2 unspecified atom stereocenters. The van der Waals surface area contributed by atoms with Gasteiger partial charge in [0.1, 0.15) is 23.6 Å². The van der Waals surface area contributed by atoms with Gasteiger partial charge in [0.15, 0.2) is 11.5 Å². The molecule has 7 N–H and O–H groups in total. The molecule has 1 saturated heterocycles. The predicted octanol–water partition coefficient (Wildman–Crippen LogP) is 3.63. The van der Waals surface area contributed by atoms with E-state index in [-0.39, 0.29) is 68.8 Å². The number of nitrogens with zero attached hydrogens (tertiary/aromatic N) is 1. The molecule has 1 aliphatic heterocycles. The van der Waals surface area contributed by atoms with Crippen LogP contribution in [0.2, 0.25) is 0 Å². The molecule has 1 heterocycles. The minimum atomic E-state index is -2.37. The Morgan fingerprint density at radius 2 is 1.62 bits per heavy atom. The molecule has 5 rings (SSSR count). The van der Waals surface area contributed by atoms with Gasteiger partial charge in [0, 0.05) is 60.6 Å². The Kier molecular flexibility index (Phi) is 16.2. The number of hydrogen-bond acceptors (Lipinski definition) is 15. The van der Waals surface area contributed by atoms with Gasteiger partial charge < -0.3 is 50.2 Å². The number of nitrogens with one attached hydrogen (secondary N) is 1. The van der Waals surface area contributed by atoms with E-state index < -0.39 is 123 Å². The van der Waals surface area contributed by atoms with Crippen LogP contribution in [0, 0.1) is 46.3 Å². The van der Waals surface area contributed by atoms with Crippen LogP contribution in [0.1, 0.15) is 121 Å². The number of aliphatic hydroxyl groups excluding tert-OH is 4. The first-order chi connectivity index (χ1) is 30.5. The summed E-state index contributed by atoms with van der Waals surface area (Å²) < 4.78 is 50.9. The number of esters is 3. The molecule has 0 aromatic rings. The van der Waals surface area contributed by atoms with E-state index in [1.54, 1.807) is 34.6 Å². The van der Waals surface area contributed by atoms with Crippen molar-refractivity contribution < 1.29 is 72.8 Å². The smallest absolute Gasteiger partial charge is 0.351 e. The number of ether oxygens (including phenoxy) is 3. The fraction of sp³-hybridized carbons (Fsp3) is 0.837. The van der Waals surface area contributed by atoms with E-state index in [0.29, 0.717) is 26.1 Å². The number of ketones is 1. The van der Waals surface area contributed by atoms with Gasteiger partial charge in [-0.05, 0) is 103 Å². The van der Waals surface area contributed by atoms with Crippen molar-refractivity contribution in [2.75, 3.05) is 33.3 Å². The standard InChI is InChI=1S/C49H78F2N2O13/c1-12-37-47(10,63)41(59)30(6)53(25-26(2)23-46(9,62)40(58)28(4)39(57)29(5)42(60)65-37)19-13-17-52-18-15-38(56)66-49(43(61)64-11)27(3)20-32-33-22-35(50)34-21-31(54)14-16-44(34,7)48(33,51)36(55)24-45(32,49)8/h14,16,26-30,32-33,36-37,39-41,52,55,57-59,62-63H,12-13,15,17-25H2,1-11H3/t26-,27-,28+,29-,30-,32?,33?,36+,37-,39+,40-,41-,44+,45+,46-,47-,48+,49+/m1/s1. The summed E-state index contributed by atoms with van der Waals surface area (Å²) in [6, 6.07) is -0.699. The number of allylic oxidation sites excluding steroid dienone is 4. The lowest BCUT2D eigenvalue weighted by Crippen LogP contribution is -2.70. The van der Waals surface area contributed by atoms with Crippen LogP contribution in [-0.4, -0.2) is 152 Å². The fourth-order valence-electron chi connectivity index (χ4n) is 13.1. The number of carbonyl (C=O) groups excluding carboxylic acids is 4. The Bertz CT molecular complexity index is 1880. The molecular formula is C49H78F2N2O13. The molecule has 15 nitrogen and oxygen atoms in total. The van der Waals surface area contributed by atoms with Gasteiger partial charge >= 0.3 is 17.9 Å². The fourth-order valence-corrected chi connectivity index (χ4v) is 13.1. The number of cyclic esters (lactones) is 1. The number of aliphatic hydroxyl groups is 6. The quantitative estimate of drug-likeness (QED) is 0.0942.